The zero-order valence-electron chi connectivity index (χ0n) is 13.0. The summed E-state index contributed by atoms with van der Waals surface area (Å²) in [5.74, 6) is -1.35. The molecule has 23 heavy (non-hydrogen) atoms. The first-order valence-corrected chi connectivity index (χ1v) is 7.70. The molecule has 3 rings (SSSR count). The number of halogens is 2. The third kappa shape index (κ3) is 3.68. The Hall–Kier alpha value is -1.98. The van der Waals surface area contributed by atoms with E-state index in [1.165, 1.54) is 28.9 Å². The zero-order valence-corrected chi connectivity index (χ0v) is 13.0. The van der Waals surface area contributed by atoms with E-state index in [-0.39, 0.29) is 5.56 Å². The molecule has 1 aliphatic heterocycles. The van der Waals surface area contributed by atoms with Gasteiger partial charge in [-0.1, -0.05) is 12.1 Å². The lowest BCUT2D eigenvalue weighted by Gasteiger charge is -2.22. The molecule has 2 N–H and O–H groups in total. The number of rotatable bonds is 5. The predicted molar refractivity (Wildman–Crippen MR) is 86.3 cm³/mol. The van der Waals surface area contributed by atoms with Gasteiger partial charge in [-0.15, -0.1) is 0 Å². The average molecular weight is 318 g/mol. The van der Waals surface area contributed by atoms with Crippen molar-refractivity contribution in [1.29, 1.82) is 0 Å². The Balaban J connectivity index is 1.67. The molecule has 0 unspecified atom stereocenters. The number of nitrogens with zero attached hydrogens (tertiary/aromatic N) is 1. The summed E-state index contributed by atoms with van der Waals surface area (Å²) < 4.78 is 26.5. The number of hydrogen-bond donors (Lipinski definition) is 2. The van der Waals surface area contributed by atoms with Gasteiger partial charge in [-0.25, -0.2) is 8.78 Å². The van der Waals surface area contributed by atoms with Gasteiger partial charge >= 0.3 is 0 Å². The first-order chi connectivity index (χ1) is 11.0. The van der Waals surface area contributed by atoms with Crippen LogP contribution < -0.4 is 5.32 Å². The standard InChI is InChI=1S/C18H20F2N2O/c1-22(10-12-3-2-4-17-16(12)5-6-21-17)11-18(23)13-7-14(19)9-15(20)8-13/h2-4,7-9,18,21,23H,5-6,10-11H2,1H3/t18-/m1/s1. The highest BCUT2D eigenvalue weighted by Crippen LogP contribution is 2.26. The molecule has 0 aliphatic carbocycles. The van der Waals surface area contributed by atoms with E-state index in [9.17, 15) is 13.9 Å². The highest BCUT2D eigenvalue weighted by molar-refractivity contribution is 5.58. The fraction of sp³-hybridized carbons (Fsp3) is 0.333. The van der Waals surface area contributed by atoms with Crippen LogP contribution in [0.15, 0.2) is 36.4 Å². The summed E-state index contributed by atoms with van der Waals surface area (Å²) in [4.78, 5) is 1.96. The number of benzene rings is 2. The van der Waals surface area contributed by atoms with Crippen LogP contribution in [0.2, 0.25) is 0 Å². The molecule has 0 aromatic heterocycles. The van der Waals surface area contributed by atoms with Gasteiger partial charge in [0.05, 0.1) is 6.10 Å². The van der Waals surface area contributed by atoms with Gasteiger partial charge in [0.25, 0.3) is 0 Å². The molecule has 1 aliphatic rings. The molecule has 1 heterocycles. The normalized spacial score (nSPS) is 14.7. The second kappa shape index (κ2) is 6.64. The van der Waals surface area contributed by atoms with Crippen LogP contribution in [0.3, 0.4) is 0 Å². The van der Waals surface area contributed by atoms with Crippen molar-refractivity contribution in [3.8, 4) is 0 Å². The second-order valence-electron chi connectivity index (χ2n) is 6.04. The number of aliphatic hydroxyl groups excluding tert-OH is 1. The monoisotopic (exact) mass is 318 g/mol. The molecule has 122 valence electrons. The van der Waals surface area contributed by atoms with Crippen LogP contribution in [0.1, 0.15) is 22.8 Å². The van der Waals surface area contributed by atoms with Crippen LogP contribution in [0, 0.1) is 11.6 Å². The number of likely N-dealkylation sites (N-methyl/N-ethyl adjacent to an activating group) is 1. The predicted octanol–water partition coefficient (Wildman–Crippen LogP) is 3.10. The van der Waals surface area contributed by atoms with Crippen LogP contribution in [-0.2, 0) is 13.0 Å². The topological polar surface area (TPSA) is 35.5 Å². The maximum atomic E-state index is 13.3. The van der Waals surface area contributed by atoms with Crippen molar-refractivity contribution >= 4 is 5.69 Å². The molecule has 0 saturated heterocycles. The first-order valence-electron chi connectivity index (χ1n) is 7.70. The van der Waals surface area contributed by atoms with E-state index in [4.69, 9.17) is 0 Å². The molecule has 1 atom stereocenters. The quantitative estimate of drug-likeness (QED) is 0.889. The van der Waals surface area contributed by atoms with E-state index in [0.29, 0.717) is 13.1 Å². The smallest absolute Gasteiger partial charge is 0.126 e. The molecule has 0 amide bonds. The maximum Gasteiger partial charge on any atom is 0.126 e. The third-order valence-corrected chi connectivity index (χ3v) is 4.16. The van der Waals surface area contributed by atoms with Crippen molar-refractivity contribution in [2.45, 2.75) is 19.1 Å². The van der Waals surface area contributed by atoms with Crippen molar-refractivity contribution < 1.29 is 13.9 Å². The number of aliphatic hydroxyl groups is 1. The first kappa shape index (κ1) is 15.9. The van der Waals surface area contributed by atoms with Crippen LogP contribution in [0.4, 0.5) is 14.5 Å². The lowest BCUT2D eigenvalue weighted by Crippen LogP contribution is -2.24. The Morgan fingerprint density at radius 2 is 1.96 bits per heavy atom. The highest BCUT2D eigenvalue weighted by Gasteiger charge is 2.17. The van der Waals surface area contributed by atoms with E-state index in [2.05, 4.69) is 17.4 Å². The van der Waals surface area contributed by atoms with Gasteiger partial charge < -0.3 is 10.4 Å². The Morgan fingerprint density at radius 1 is 1.22 bits per heavy atom. The van der Waals surface area contributed by atoms with Crippen molar-refractivity contribution in [3.63, 3.8) is 0 Å². The van der Waals surface area contributed by atoms with Crippen LogP contribution >= 0.6 is 0 Å². The molecule has 0 fully saturated rings. The lowest BCUT2D eigenvalue weighted by molar-refractivity contribution is 0.123. The number of anilines is 1. The molecule has 0 spiro atoms. The fourth-order valence-electron chi connectivity index (χ4n) is 3.09. The largest absolute Gasteiger partial charge is 0.387 e. The minimum atomic E-state index is -0.930. The fourth-order valence-corrected chi connectivity index (χ4v) is 3.09. The van der Waals surface area contributed by atoms with Gasteiger partial charge in [0.2, 0.25) is 0 Å². The van der Waals surface area contributed by atoms with Gasteiger partial charge in [-0.05, 0) is 48.4 Å². The molecular formula is C18H20F2N2O. The van der Waals surface area contributed by atoms with E-state index >= 15 is 0 Å². The summed E-state index contributed by atoms with van der Waals surface area (Å²) in [6.45, 7) is 1.93. The molecule has 3 nitrogen and oxygen atoms in total. The van der Waals surface area contributed by atoms with Gasteiger partial charge in [0, 0.05) is 31.4 Å². The lowest BCUT2D eigenvalue weighted by atomic mass is 10.0. The van der Waals surface area contributed by atoms with Crippen molar-refractivity contribution in [2.75, 3.05) is 25.5 Å². The maximum absolute atomic E-state index is 13.3. The minimum Gasteiger partial charge on any atom is -0.387 e. The number of nitrogens with one attached hydrogen (secondary N) is 1. The average Bonchev–Trinajstić information content (AvgIpc) is 2.95. The SMILES string of the molecule is CN(Cc1cccc2c1CCN2)C[C@@H](O)c1cc(F)cc(F)c1. The van der Waals surface area contributed by atoms with E-state index in [1.54, 1.807) is 0 Å². The summed E-state index contributed by atoms with van der Waals surface area (Å²) >= 11 is 0. The van der Waals surface area contributed by atoms with Gasteiger partial charge in [0.1, 0.15) is 11.6 Å². The minimum absolute atomic E-state index is 0.259. The van der Waals surface area contributed by atoms with E-state index in [1.807, 2.05) is 18.0 Å². The number of fused-ring (bicyclic) bond motifs is 1. The third-order valence-electron chi connectivity index (χ3n) is 4.16. The Morgan fingerprint density at radius 3 is 2.70 bits per heavy atom. The van der Waals surface area contributed by atoms with Crippen LogP contribution in [-0.4, -0.2) is 30.1 Å². The summed E-state index contributed by atoms with van der Waals surface area (Å²) in [5, 5.41) is 13.6. The molecule has 0 bridgehead atoms. The summed E-state index contributed by atoms with van der Waals surface area (Å²) in [5.41, 5.74) is 3.95. The molecule has 0 radical (unpaired) electrons. The Kier molecular flexibility index (Phi) is 4.59. The van der Waals surface area contributed by atoms with E-state index < -0.39 is 17.7 Å². The van der Waals surface area contributed by atoms with Gasteiger partial charge in [0.15, 0.2) is 0 Å². The van der Waals surface area contributed by atoms with Gasteiger partial charge in [-0.3, -0.25) is 4.90 Å². The molecular weight excluding hydrogens is 298 g/mol. The van der Waals surface area contributed by atoms with Crippen molar-refractivity contribution in [3.05, 3.63) is 64.7 Å². The molecule has 2 aromatic rings. The van der Waals surface area contributed by atoms with Crippen LogP contribution in [0.5, 0.6) is 0 Å². The van der Waals surface area contributed by atoms with Gasteiger partial charge in [-0.2, -0.15) is 0 Å². The number of hydrogen-bond acceptors (Lipinski definition) is 3. The molecule has 2 aromatic carbocycles. The second-order valence-corrected chi connectivity index (χ2v) is 6.04. The Bertz CT molecular complexity index is 685. The highest BCUT2D eigenvalue weighted by atomic mass is 19.1. The van der Waals surface area contributed by atoms with Crippen LogP contribution in [0.25, 0.3) is 0 Å². The van der Waals surface area contributed by atoms with E-state index in [0.717, 1.165) is 19.0 Å². The summed E-state index contributed by atoms with van der Waals surface area (Å²) in [7, 11) is 1.89. The molecule has 5 heteroatoms. The molecule has 0 saturated carbocycles. The van der Waals surface area contributed by atoms with Crippen molar-refractivity contribution in [1.82, 2.24) is 4.90 Å². The Labute approximate surface area is 134 Å². The zero-order chi connectivity index (χ0) is 16.4. The van der Waals surface area contributed by atoms with Crippen molar-refractivity contribution in [2.24, 2.45) is 0 Å². The summed E-state index contributed by atoms with van der Waals surface area (Å²) in [6.07, 6.45) is 0.0666. The summed E-state index contributed by atoms with van der Waals surface area (Å²) in [6, 6.07) is 9.31.